The van der Waals surface area contributed by atoms with Crippen LogP contribution in [-0.4, -0.2) is 65.5 Å². The lowest BCUT2D eigenvalue weighted by Crippen LogP contribution is -2.47. The van der Waals surface area contributed by atoms with Crippen LogP contribution in [0.15, 0.2) is 64.3 Å². The van der Waals surface area contributed by atoms with E-state index in [2.05, 4.69) is 14.9 Å². The normalized spacial score (nSPS) is 21.2. The minimum atomic E-state index is -4.17. The maximum absolute atomic E-state index is 13.8. The van der Waals surface area contributed by atoms with E-state index in [1.54, 1.807) is 36.4 Å². The number of piperidine rings is 1. The Hall–Kier alpha value is -4.03. The average Bonchev–Trinajstić information content (AvgIpc) is 3.53. The molecule has 2 saturated heterocycles. The van der Waals surface area contributed by atoms with Crippen molar-refractivity contribution in [2.45, 2.75) is 42.7 Å². The quantitative estimate of drug-likeness (QED) is 0.379. The van der Waals surface area contributed by atoms with Crippen molar-refractivity contribution in [3.63, 3.8) is 0 Å². The molecule has 228 valence electrons. The summed E-state index contributed by atoms with van der Waals surface area (Å²) in [6.45, 7) is 2.91. The third kappa shape index (κ3) is 5.94. The minimum absolute atomic E-state index is 0.000273. The number of nitrogens with zero attached hydrogens (tertiary/aromatic N) is 2. The largest absolute Gasteiger partial charge is 0.497 e. The summed E-state index contributed by atoms with van der Waals surface area (Å²) < 4.78 is 48.6. The predicted octanol–water partition coefficient (Wildman–Crippen LogP) is 3.20. The molecule has 0 aliphatic carbocycles. The van der Waals surface area contributed by atoms with E-state index < -0.39 is 10.0 Å². The van der Waals surface area contributed by atoms with Gasteiger partial charge in [-0.15, -0.1) is 0 Å². The van der Waals surface area contributed by atoms with Crippen molar-refractivity contribution in [3.05, 3.63) is 76.2 Å². The first kappa shape index (κ1) is 29.1. The number of ether oxygens (including phenoxy) is 3. The molecule has 3 atom stereocenters. The van der Waals surface area contributed by atoms with E-state index >= 15 is 0 Å². The summed E-state index contributed by atoms with van der Waals surface area (Å²) in [5.41, 5.74) is 2.25. The Morgan fingerprint density at radius 1 is 1.05 bits per heavy atom. The molecule has 11 nitrogen and oxygen atoms in total. The van der Waals surface area contributed by atoms with Crippen LogP contribution in [0.4, 0.5) is 11.4 Å². The van der Waals surface area contributed by atoms with Gasteiger partial charge in [0.25, 0.3) is 21.5 Å². The Labute approximate surface area is 250 Å². The molecule has 43 heavy (non-hydrogen) atoms. The Bertz CT molecular complexity index is 1680. The lowest BCUT2D eigenvalue weighted by atomic mass is 9.83. The molecule has 2 bridgehead atoms. The monoisotopic (exact) mass is 608 g/mol. The van der Waals surface area contributed by atoms with Crippen LogP contribution in [0.25, 0.3) is 0 Å². The molecule has 0 spiro atoms. The Morgan fingerprint density at radius 3 is 2.67 bits per heavy atom. The third-order valence-corrected chi connectivity index (χ3v) is 9.88. The highest BCUT2D eigenvalue weighted by Gasteiger charge is 2.36. The lowest BCUT2D eigenvalue weighted by Gasteiger charge is -2.44. The van der Waals surface area contributed by atoms with Gasteiger partial charge in [-0.1, -0.05) is 6.07 Å². The fraction of sp³-hybridized carbons (Fsp3) is 0.419. The first-order valence-electron chi connectivity index (χ1n) is 14.5. The standard InChI is InChI=1S/C31H36N4O7S/c1-40-23-9-11-28(41-2)29(15-23)43(38,39)33-25-14-21(31(37)32-16-24-5-4-12-42-24)8-10-27(25)34-17-20-13-22(19-34)26-6-3-7-30(36)35(26)18-20/h3,6-11,14-15,20,22,24,33H,4-5,12-13,16-19H2,1-2H3,(H,32,37)/t20-,22+,24+/m1/s1. The van der Waals surface area contributed by atoms with Crippen LogP contribution in [-0.2, 0) is 21.3 Å². The number of methoxy groups -OCH3 is 2. The van der Waals surface area contributed by atoms with Gasteiger partial charge in [0.05, 0.1) is 31.7 Å². The van der Waals surface area contributed by atoms with Crippen LogP contribution in [0.1, 0.15) is 41.2 Å². The number of rotatable bonds is 9. The van der Waals surface area contributed by atoms with Gasteiger partial charge in [0.2, 0.25) is 0 Å². The summed E-state index contributed by atoms with van der Waals surface area (Å²) in [6.07, 6.45) is 2.78. The Balaban J connectivity index is 1.35. The van der Waals surface area contributed by atoms with E-state index in [0.29, 0.717) is 49.8 Å². The smallest absolute Gasteiger partial charge is 0.265 e. The van der Waals surface area contributed by atoms with Gasteiger partial charge in [-0.3, -0.25) is 14.3 Å². The summed E-state index contributed by atoms with van der Waals surface area (Å²) in [5.74, 6) is 0.531. The van der Waals surface area contributed by atoms with Crippen LogP contribution in [0.3, 0.4) is 0 Å². The molecule has 3 aromatic rings. The number of amides is 1. The van der Waals surface area contributed by atoms with Crippen molar-refractivity contribution in [3.8, 4) is 11.5 Å². The average molecular weight is 609 g/mol. The molecule has 0 radical (unpaired) electrons. The number of hydrogen-bond acceptors (Lipinski definition) is 8. The van der Waals surface area contributed by atoms with Crippen molar-refractivity contribution in [1.29, 1.82) is 0 Å². The van der Waals surface area contributed by atoms with E-state index in [4.69, 9.17) is 14.2 Å². The number of anilines is 2. The molecule has 2 N–H and O–H groups in total. The summed E-state index contributed by atoms with van der Waals surface area (Å²) in [6, 6.07) is 15.0. The number of carbonyl (C=O) groups excluding carboxylic acids is 1. The SMILES string of the molecule is COc1ccc(OC)c(S(=O)(=O)Nc2cc(C(=O)NC[C@@H]3CCCO3)ccc2N2C[C@H]3C[C@@H](C2)c2cccc(=O)n2C3)c1. The first-order valence-corrected chi connectivity index (χ1v) is 16.0. The molecule has 3 aliphatic heterocycles. The van der Waals surface area contributed by atoms with Crippen molar-refractivity contribution in [2.75, 3.05) is 50.1 Å². The number of fused-ring (bicyclic) bond motifs is 4. The number of benzene rings is 2. The molecule has 2 fully saturated rings. The number of aromatic nitrogens is 1. The van der Waals surface area contributed by atoms with Crippen molar-refractivity contribution < 1.29 is 27.4 Å². The second-order valence-electron chi connectivity index (χ2n) is 11.3. The Kier molecular flexibility index (Phi) is 8.06. The van der Waals surface area contributed by atoms with Crippen molar-refractivity contribution in [1.82, 2.24) is 9.88 Å². The molecule has 4 heterocycles. The molecule has 6 rings (SSSR count). The number of nitrogens with one attached hydrogen (secondary N) is 2. The second kappa shape index (κ2) is 11.9. The fourth-order valence-corrected chi connectivity index (χ4v) is 7.69. The van der Waals surface area contributed by atoms with E-state index in [1.165, 1.54) is 26.4 Å². The molecule has 1 aromatic heterocycles. The maximum atomic E-state index is 13.8. The Morgan fingerprint density at radius 2 is 1.91 bits per heavy atom. The minimum Gasteiger partial charge on any atom is -0.497 e. The van der Waals surface area contributed by atoms with E-state index in [1.807, 2.05) is 10.6 Å². The molecule has 3 aliphatic rings. The van der Waals surface area contributed by atoms with Gasteiger partial charge in [-0.2, -0.15) is 0 Å². The second-order valence-corrected chi connectivity index (χ2v) is 13.0. The van der Waals surface area contributed by atoms with Crippen LogP contribution in [0, 0.1) is 5.92 Å². The van der Waals surface area contributed by atoms with Crippen LogP contribution >= 0.6 is 0 Å². The zero-order valence-electron chi connectivity index (χ0n) is 24.2. The summed E-state index contributed by atoms with van der Waals surface area (Å²) in [5, 5.41) is 2.92. The molecular weight excluding hydrogens is 572 g/mol. The highest BCUT2D eigenvalue weighted by Crippen LogP contribution is 2.40. The number of sulfonamides is 1. The molecule has 0 unspecified atom stereocenters. The highest BCUT2D eigenvalue weighted by molar-refractivity contribution is 7.92. The fourth-order valence-electron chi connectivity index (χ4n) is 6.44. The zero-order chi connectivity index (χ0) is 30.1. The van der Waals surface area contributed by atoms with Gasteiger partial charge in [0.15, 0.2) is 0 Å². The van der Waals surface area contributed by atoms with E-state index in [0.717, 1.165) is 25.0 Å². The van der Waals surface area contributed by atoms with Gasteiger partial charge >= 0.3 is 0 Å². The summed E-state index contributed by atoms with van der Waals surface area (Å²) >= 11 is 0. The van der Waals surface area contributed by atoms with Gasteiger partial charge in [-0.25, -0.2) is 8.42 Å². The van der Waals surface area contributed by atoms with Crippen LogP contribution in [0.2, 0.25) is 0 Å². The molecule has 1 amide bonds. The number of carbonyl (C=O) groups is 1. The topological polar surface area (TPSA) is 128 Å². The molecule has 0 saturated carbocycles. The van der Waals surface area contributed by atoms with Gasteiger partial charge in [0.1, 0.15) is 16.4 Å². The van der Waals surface area contributed by atoms with Crippen molar-refractivity contribution in [2.24, 2.45) is 5.92 Å². The predicted molar refractivity (Wildman–Crippen MR) is 162 cm³/mol. The maximum Gasteiger partial charge on any atom is 0.265 e. The molecule has 12 heteroatoms. The van der Waals surface area contributed by atoms with Crippen molar-refractivity contribution >= 4 is 27.3 Å². The molecule has 2 aromatic carbocycles. The lowest BCUT2D eigenvalue weighted by molar-refractivity contribution is 0.0858. The highest BCUT2D eigenvalue weighted by atomic mass is 32.2. The third-order valence-electron chi connectivity index (χ3n) is 8.50. The van der Waals surface area contributed by atoms with Crippen LogP contribution < -0.4 is 30.0 Å². The summed E-state index contributed by atoms with van der Waals surface area (Å²) in [4.78, 5) is 27.8. The molecular formula is C31H36N4O7S. The first-order chi connectivity index (χ1) is 20.8. The zero-order valence-corrected chi connectivity index (χ0v) is 25.1. The van der Waals surface area contributed by atoms with Crippen LogP contribution in [0.5, 0.6) is 11.5 Å². The number of pyridine rings is 1. The summed E-state index contributed by atoms with van der Waals surface area (Å²) in [7, 11) is -1.31. The van der Waals surface area contributed by atoms with E-state index in [-0.39, 0.29) is 45.7 Å². The number of hydrogen-bond donors (Lipinski definition) is 2. The van der Waals surface area contributed by atoms with Gasteiger partial charge in [0, 0.05) is 62.1 Å². The van der Waals surface area contributed by atoms with Gasteiger partial charge in [-0.05, 0) is 61.6 Å². The van der Waals surface area contributed by atoms with Gasteiger partial charge < -0.3 is 29.0 Å². The van der Waals surface area contributed by atoms with E-state index in [9.17, 15) is 18.0 Å².